The predicted octanol–water partition coefficient (Wildman–Crippen LogP) is 4.81. The first-order chi connectivity index (χ1) is 12.2. The molecule has 25 heavy (non-hydrogen) atoms. The normalized spacial score (nSPS) is 11.7. The molecule has 1 N–H and O–H groups in total. The fourth-order valence-electron chi connectivity index (χ4n) is 3.02. The van der Waals surface area contributed by atoms with Gasteiger partial charge in [0, 0.05) is 11.3 Å². The van der Waals surface area contributed by atoms with Crippen LogP contribution in [0, 0.1) is 0 Å². The van der Waals surface area contributed by atoms with E-state index in [9.17, 15) is 9.59 Å². The van der Waals surface area contributed by atoms with Crippen LogP contribution in [-0.2, 0) is 11.2 Å². The van der Waals surface area contributed by atoms with E-state index in [0.717, 1.165) is 16.0 Å². The molecule has 0 radical (unpaired) electrons. The summed E-state index contributed by atoms with van der Waals surface area (Å²) in [7, 11) is 0. The van der Waals surface area contributed by atoms with Crippen LogP contribution >= 0.6 is 22.7 Å². The molecule has 0 atom stereocenters. The van der Waals surface area contributed by atoms with Gasteiger partial charge in [0.05, 0.1) is 17.0 Å². The third kappa shape index (κ3) is 2.77. The number of esters is 1. The van der Waals surface area contributed by atoms with Crippen LogP contribution in [0.15, 0.2) is 41.8 Å². The SMILES string of the molecule is CCOC(=O)c1c(NC(=O)c2cccs2)sc2c1Cc1ccccc1-2. The highest BCUT2D eigenvalue weighted by atomic mass is 32.1. The Morgan fingerprint density at radius 1 is 1.20 bits per heavy atom. The second-order valence-corrected chi connectivity index (χ2v) is 7.57. The van der Waals surface area contributed by atoms with Gasteiger partial charge in [-0.05, 0) is 35.1 Å². The van der Waals surface area contributed by atoms with Gasteiger partial charge in [0.25, 0.3) is 5.91 Å². The van der Waals surface area contributed by atoms with E-state index in [0.29, 0.717) is 28.5 Å². The number of thiophene rings is 2. The summed E-state index contributed by atoms with van der Waals surface area (Å²) in [5, 5.41) is 5.32. The van der Waals surface area contributed by atoms with Crippen molar-refractivity contribution in [3.05, 3.63) is 63.3 Å². The Labute approximate surface area is 153 Å². The number of hydrogen-bond donors (Lipinski definition) is 1. The molecule has 1 aromatic carbocycles. The minimum Gasteiger partial charge on any atom is -0.462 e. The maximum absolute atomic E-state index is 12.5. The highest BCUT2D eigenvalue weighted by molar-refractivity contribution is 7.20. The Morgan fingerprint density at radius 2 is 2.04 bits per heavy atom. The van der Waals surface area contributed by atoms with Crippen molar-refractivity contribution < 1.29 is 14.3 Å². The zero-order valence-electron chi connectivity index (χ0n) is 13.5. The summed E-state index contributed by atoms with van der Waals surface area (Å²) in [6, 6.07) is 11.7. The molecule has 0 unspecified atom stereocenters. The van der Waals surface area contributed by atoms with E-state index in [2.05, 4.69) is 17.4 Å². The molecule has 0 saturated heterocycles. The molecule has 0 saturated carbocycles. The van der Waals surface area contributed by atoms with Gasteiger partial charge < -0.3 is 10.1 Å². The Bertz CT molecular complexity index is 957. The van der Waals surface area contributed by atoms with Crippen LogP contribution in [0.4, 0.5) is 5.00 Å². The lowest BCUT2D eigenvalue weighted by Gasteiger charge is -2.07. The zero-order valence-corrected chi connectivity index (χ0v) is 15.1. The van der Waals surface area contributed by atoms with Crippen LogP contribution in [0.1, 0.15) is 38.1 Å². The van der Waals surface area contributed by atoms with E-state index in [1.54, 1.807) is 13.0 Å². The van der Waals surface area contributed by atoms with Gasteiger partial charge in [0.1, 0.15) is 5.00 Å². The lowest BCUT2D eigenvalue weighted by molar-refractivity contribution is 0.0527. The van der Waals surface area contributed by atoms with Crippen LogP contribution in [-0.4, -0.2) is 18.5 Å². The van der Waals surface area contributed by atoms with Crippen molar-refractivity contribution >= 4 is 39.6 Å². The highest BCUT2D eigenvalue weighted by Crippen LogP contribution is 2.47. The molecular formula is C19H15NO3S2. The van der Waals surface area contributed by atoms with Crippen LogP contribution in [0.2, 0.25) is 0 Å². The van der Waals surface area contributed by atoms with Crippen LogP contribution in [0.5, 0.6) is 0 Å². The van der Waals surface area contributed by atoms with Gasteiger partial charge >= 0.3 is 5.97 Å². The minimum absolute atomic E-state index is 0.200. The van der Waals surface area contributed by atoms with Crippen molar-refractivity contribution in [1.82, 2.24) is 0 Å². The first kappa shape index (κ1) is 16.1. The van der Waals surface area contributed by atoms with Gasteiger partial charge in [-0.3, -0.25) is 4.79 Å². The first-order valence-corrected chi connectivity index (χ1v) is 9.64. The smallest absolute Gasteiger partial charge is 0.341 e. The summed E-state index contributed by atoms with van der Waals surface area (Å²) in [5.74, 6) is -0.581. The van der Waals surface area contributed by atoms with Crippen LogP contribution < -0.4 is 5.32 Å². The van der Waals surface area contributed by atoms with E-state index >= 15 is 0 Å². The van der Waals surface area contributed by atoms with E-state index < -0.39 is 0 Å². The Balaban J connectivity index is 1.77. The number of hydrogen-bond acceptors (Lipinski definition) is 5. The quantitative estimate of drug-likeness (QED) is 0.525. The lowest BCUT2D eigenvalue weighted by atomic mass is 10.1. The molecule has 3 aromatic rings. The van der Waals surface area contributed by atoms with Crippen molar-refractivity contribution in [2.24, 2.45) is 0 Å². The van der Waals surface area contributed by atoms with Crippen LogP contribution in [0.3, 0.4) is 0 Å². The number of fused-ring (bicyclic) bond motifs is 3. The summed E-state index contributed by atoms with van der Waals surface area (Å²) in [6.45, 7) is 2.08. The molecule has 0 fully saturated rings. The molecule has 4 nitrogen and oxygen atoms in total. The third-order valence-electron chi connectivity index (χ3n) is 4.09. The number of carbonyl (C=O) groups excluding carboxylic acids is 2. The second kappa shape index (κ2) is 6.46. The van der Waals surface area contributed by atoms with Crippen molar-refractivity contribution in [2.45, 2.75) is 13.3 Å². The molecule has 0 bridgehead atoms. The fourth-order valence-corrected chi connectivity index (χ4v) is 4.90. The van der Waals surface area contributed by atoms with E-state index in [-0.39, 0.29) is 11.9 Å². The van der Waals surface area contributed by atoms with E-state index in [4.69, 9.17) is 4.74 Å². The maximum Gasteiger partial charge on any atom is 0.341 e. The number of amides is 1. The fraction of sp³-hybridized carbons (Fsp3) is 0.158. The Morgan fingerprint density at radius 3 is 2.80 bits per heavy atom. The number of rotatable bonds is 4. The number of ether oxygens (including phenoxy) is 1. The average molecular weight is 369 g/mol. The van der Waals surface area contributed by atoms with Gasteiger partial charge in [-0.15, -0.1) is 22.7 Å². The standard InChI is InChI=1S/C19H15NO3S2/c1-2-23-19(22)15-13-10-11-6-3-4-7-12(11)16(13)25-18(15)20-17(21)14-8-5-9-24-14/h3-9H,2,10H2,1H3,(H,20,21). The molecule has 1 amide bonds. The Kier molecular flexibility index (Phi) is 4.15. The number of carbonyl (C=O) groups is 2. The van der Waals surface area contributed by atoms with E-state index in [1.165, 1.54) is 28.2 Å². The summed E-state index contributed by atoms with van der Waals surface area (Å²) in [4.78, 5) is 26.6. The van der Waals surface area contributed by atoms with Crippen molar-refractivity contribution in [1.29, 1.82) is 0 Å². The summed E-state index contributed by atoms with van der Waals surface area (Å²) < 4.78 is 5.24. The van der Waals surface area contributed by atoms with E-state index in [1.807, 2.05) is 23.6 Å². The summed E-state index contributed by atoms with van der Waals surface area (Å²) >= 11 is 2.81. The number of nitrogens with one attached hydrogen (secondary N) is 1. The van der Waals surface area contributed by atoms with Gasteiger partial charge in [0.15, 0.2) is 0 Å². The Hall–Kier alpha value is -2.44. The summed E-state index contributed by atoms with van der Waals surface area (Å²) in [6.07, 6.45) is 0.686. The molecule has 4 rings (SSSR count). The molecule has 0 spiro atoms. The number of benzene rings is 1. The van der Waals surface area contributed by atoms with Gasteiger partial charge in [-0.2, -0.15) is 0 Å². The second-order valence-electron chi connectivity index (χ2n) is 5.60. The van der Waals surface area contributed by atoms with Gasteiger partial charge in [-0.25, -0.2) is 4.79 Å². The topological polar surface area (TPSA) is 55.4 Å². The van der Waals surface area contributed by atoms with Crippen molar-refractivity contribution in [3.63, 3.8) is 0 Å². The van der Waals surface area contributed by atoms with Crippen LogP contribution in [0.25, 0.3) is 10.4 Å². The molecule has 2 aromatic heterocycles. The molecule has 2 heterocycles. The molecule has 1 aliphatic rings. The van der Waals surface area contributed by atoms with Gasteiger partial charge in [0.2, 0.25) is 0 Å². The molecule has 126 valence electrons. The van der Waals surface area contributed by atoms with Crippen molar-refractivity contribution in [2.75, 3.05) is 11.9 Å². The van der Waals surface area contributed by atoms with Gasteiger partial charge in [-0.1, -0.05) is 30.3 Å². The zero-order chi connectivity index (χ0) is 17.4. The molecular weight excluding hydrogens is 354 g/mol. The third-order valence-corrected chi connectivity index (χ3v) is 6.14. The largest absolute Gasteiger partial charge is 0.462 e. The lowest BCUT2D eigenvalue weighted by Crippen LogP contribution is -2.14. The molecule has 6 heteroatoms. The maximum atomic E-state index is 12.5. The first-order valence-electron chi connectivity index (χ1n) is 7.95. The number of anilines is 1. The minimum atomic E-state index is -0.380. The highest BCUT2D eigenvalue weighted by Gasteiger charge is 2.31. The monoisotopic (exact) mass is 369 g/mol. The summed E-state index contributed by atoms with van der Waals surface area (Å²) in [5.41, 5.74) is 3.77. The average Bonchev–Trinajstić information content (AvgIpc) is 3.30. The molecule has 1 aliphatic carbocycles. The predicted molar refractivity (Wildman–Crippen MR) is 101 cm³/mol. The molecule has 0 aliphatic heterocycles. The van der Waals surface area contributed by atoms with Crippen molar-refractivity contribution in [3.8, 4) is 10.4 Å².